The molecular weight excluding hydrogens is 357 g/mol. The zero-order valence-electron chi connectivity index (χ0n) is 16.0. The second-order valence-corrected chi connectivity index (χ2v) is 9.25. The van der Waals surface area contributed by atoms with Crippen molar-refractivity contribution < 1.29 is 17.5 Å². The van der Waals surface area contributed by atoms with Gasteiger partial charge in [-0.3, -0.25) is 0 Å². The van der Waals surface area contributed by atoms with Crippen LogP contribution in [0.3, 0.4) is 0 Å². The Morgan fingerprint density at radius 3 is 2.50 bits per heavy atom. The molecular formula is C18H30FN3O3S. The quantitative estimate of drug-likeness (QED) is 0.658. The van der Waals surface area contributed by atoms with Crippen LogP contribution in [0.4, 0.5) is 4.39 Å². The lowest BCUT2D eigenvalue weighted by atomic mass is 9.92. The summed E-state index contributed by atoms with van der Waals surface area (Å²) in [7, 11) is -0.367. The van der Waals surface area contributed by atoms with E-state index < -0.39 is 10.2 Å². The number of nitrogens with one attached hydrogen (secondary N) is 1. The number of nitrogens with zero attached hydrogens (tertiary/aromatic N) is 2. The lowest BCUT2D eigenvalue weighted by molar-refractivity contribution is 0.252. The van der Waals surface area contributed by atoms with Crippen LogP contribution < -0.4 is 9.46 Å². The first-order valence-corrected chi connectivity index (χ1v) is 10.4. The second-order valence-electron chi connectivity index (χ2n) is 7.34. The standard InChI is InChI=1S/C18H30FN3O3S/c1-14(2)17-12-22(13-18(17)20-26(23,24)21(3)4)10-5-11-25-16-8-6-15(19)7-9-16/h6-9,14,17-18,20H,5,10-13H2,1-4H3/t17-,18+/m0/s1. The van der Waals surface area contributed by atoms with Crippen LogP contribution in [0.5, 0.6) is 5.75 Å². The SMILES string of the molecule is CC(C)[C@@H]1CN(CCCOc2ccc(F)cc2)C[C@H]1NS(=O)(=O)N(C)C. The van der Waals surface area contributed by atoms with Gasteiger partial charge < -0.3 is 9.64 Å². The van der Waals surface area contributed by atoms with Crippen LogP contribution in [-0.2, 0) is 10.2 Å². The molecule has 6 nitrogen and oxygen atoms in total. The van der Waals surface area contributed by atoms with E-state index in [2.05, 4.69) is 23.5 Å². The molecule has 0 spiro atoms. The Kier molecular flexibility index (Phi) is 7.40. The average molecular weight is 388 g/mol. The van der Waals surface area contributed by atoms with Crippen molar-refractivity contribution in [2.24, 2.45) is 11.8 Å². The molecule has 1 aliphatic heterocycles. The predicted molar refractivity (Wildman–Crippen MR) is 101 cm³/mol. The van der Waals surface area contributed by atoms with Gasteiger partial charge in [0.1, 0.15) is 11.6 Å². The van der Waals surface area contributed by atoms with Gasteiger partial charge in [0.05, 0.1) is 6.61 Å². The summed E-state index contributed by atoms with van der Waals surface area (Å²) in [4.78, 5) is 2.28. The first kappa shape index (κ1) is 21.1. The molecule has 26 heavy (non-hydrogen) atoms. The van der Waals surface area contributed by atoms with Gasteiger partial charge in [-0.05, 0) is 42.5 Å². The monoisotopic (exact) mass is 387 g/mol. The van der Waals surface area contributed by atoms with Crippen molar-refractivity contribution in [2.45, 2.75) is 26.3 Å². The number of ether oxygens (including phenoxy) is 1. The molecule has 1 fully saturated rings. The molecule has 1 aromatic rings. The zero-order chi connectivity index (χ0) is 19.3. The van der Waals surface area contributed by atoms with Crippen molar-refractivity contribution in [3.63, 3.8) is 0 Å². The summed E-state index contributed by atoms with van der Waals surface area (Å²) in [6.45, 7) is 7.21. The molecule has 0 unspecified atom stereocenters. The molecule has 0 amide bonds. The Balaban J connectivity index is 1.82. The van der Waals surface area contributed by atoms with Gasteiger partial charge in [0, 0.05) is 39.8 Å². The van der Waals surface area contributed by atoms with E-state index in [1.165, 1.54) is 30.5 Å². The highest BCUT2D eigenvalue weighted by atomic mass is 32.2. The third-order valence-electron chi connectivity index (χ3n) is 4.78. The summed E-state index contributed by atoms with van der Waals surface area (Å²) >= 11 is 0. The lowest BCUT2D eigenvalue weighted by Gasteiger charge is -2.24. The molecule has 8 heteroatoms. The fraction of sp³-hybridized carbons (Fsp3) is 0.667. The van der Waals surface area contributed by atoms with Gasteiger partial charge in [-0.1, -0.05) is 13.8 Å². The van der Waals surface area contributed by atoms with Crippen LogP contribution in [0.2, 0.25) is 0 Å². The molecule has 2 atom stereocenters. The van der Waals surface area contributed by atoms with Gasteiger partial charge in [0.2, 0.25) is 0 Å². The normalized spacial score (nSPS) is 21.7. The minimum absolute atomic E-state index is 0.0829. The van der Waals surface area contributed by atoms with Crippen molar-refractivity contribution in [3.8, 4) is 5.75 Å². The molecule has 0 aromatic heterocycles. The number of hydrogen-bond donors (Lipinski definition) is 1. The van der Waals surface area contributed by atoms with E-state index >= 15 is 0 Å². The van der Waals surface area contributed by atoms with Crippen LogP contribution >= 0.6 is 0 Å². The highest BCUT2D eigenvalue weighted by molar-refractivity contribution is 7.87. The van der Waals surface area contributed by atoms with E-state index in [4.69, 9.17) is 4.74 Å². The van der Waals surface area contributed by atoms with Crippen molar-refractivity contribution in [3.05, 3.63) is 30.1 Å². The summed E-state index contributed by atoms with van der Waals surface area (Å²) in [6.07, 6.45) is 0.829. The number of hydrogen-bond acceptors (Lipinski definition) is 4. The molecule has 0 saturated carbocycles. The molecule has 1 N–H and O–H groups in total. The largest absolute Gasteiger partial charge is 0.494 e. The Morgan fingerprint density at radius 1 is 1.27 bits per heavy atom. The van der Waals surface area contributed by atoms with Gasteiger partial charge in [0.25, 0.3) is 10.2 Å². The summed E-state index contributed by atoms with van der Waals surface area (Å²) in [5.41, 5.74) is 0. The average Bonchev–Trinajstić information content (AvgIpc) is 2.95. The fourth-order valence-electron chi connectivity index (χ4n) is 3.20. The Hall–Kier alpha value is -1.22. The maximum Gasteiger partial charge on any atom is 0.279 e. The third-order valence-corrected chi connectivity index (χ3v) is 6.34. The maximum absolute atomic E-state index is 12.9. The molecule has 1 saturated heterocycles. The number of likely N-dealkylation sites (tertiary alicyclic amines) is 1. The zero-order valence-corrected chi connectivity index (χ0v) is 16.8. The number of halogens is 1. The molecule has 1 aromatic carbocycles. The van der Waals surface area contributed by atoms with Crippen LogP contribution in [0.1, 0.15) is 20.3 Å². The van der Waals surface area contributed by atoms with E-state index in [1.54, 1.807) is 12.1 Å². The minimum Gasteiger partial charge on any atom is -0.494 e. The first-order chi connectivity index (χ1) is 12.2. The topological polar surface area (TPSA) is 61.9 Å². The third kappa shape index (κ3) is 5.90. The summed E-state index contributed by atoms with van der Waals surface area (Å²) in [5.74, 6) is 1.05. The van der Waals surface area contributed by atoms with Crippen LogP contribution in [0, 0.1) is 17.7 Å². The highest BCUT2D eigenvalue weighted by Crippen LogP contribution is 2.25. The second kappa shape index (κ2) is 9.12. The molecule has 0 bridgehead atoms. The van der Waals surface area contributed by atoms with E-state index in [-0.39, 0.29) is 17.8 Å². The van der Waals surface area contributed by atoms with Crippen molar-refractivity contribution >= 4 is 10.2 Å². The minimum atomic E-state index is -3.43. The van der Waals surface area contributed by atoms with Crippen molar-refractivity contribution in [1.29, 1.82) is 0 Å². The van der Waals surface area contributed by atoms with E-state index in [0.717, 1.165) is 19.5 Å². The first-order valence-electron chi connectivity index (χ1n) is 8.99. The number of rotatable bonds is 9. The van der Waals surface area contributed by atoms with E-state index in [0.29, 0.717) is 24.8 Å². The van der Waals surface area contributed by atoms with Crippen molar-refractivity contribution in [2.75, 3.05) is 40.3 Å². The molecule has 148 valence electrons. The van der Waals surface area contributed by atoms with E-state index in [9.17, 15) is 12.8 Å². The van der Waals surface area contributed by atoms with Gasteiger partial charge in [0.15, 0.2) is 0 Å². The van der Waals surface area contributed by atoms with Gasteiger partial charge in [-0.2, -0.15) is 17.4 Å². The molecule has 0 radical (unpaired) electrons. The Labute approximate surface area is 156 Å². The fourth-order valence-corrected chi connectivity index (χ4v) is 4.04. The molecule has 0 aliphatic carbocycles. The maximum atomic E-state index is 12.9. The van der Waals surface area contributed by atoms with Crippen LogP contribution in [0.25, 0.3) is 0 Å². The van der Waals surface area contributed by atoms with Gasteiger partial charge in [-0.25, -0.2) is 4.39 Å². The van der Waals surface area contributed by atoms with Crippen molar-refractivity contribution in [1.82, 2.24) is 13.9 Å². The summed E-state index contributed by atoms with van der Waals surface area (Å²) in [5, 5.41) is 0. The number of benzene rings is 1. The predicted octanol–water partition coefficient (Wildman–Crippen LogP) is 1.95. The summed E-state index contributed by atoms with van der Waals surface area (Å²) < 4.78 is 46.8. The Morgan fingerprint density at radius 2 is 1.92 bits per heavy atom. The van der Waals surface area contributed by atoms with Crippen LogP contribution in [0.15, 0.2) is 24.3 Å². The smallest absolute Gasteiger partial charge is 0.279 e. The molecule has 1 aliphatic rings. The highest BCUT2D eigenvalue weighted by Gasteiger charge is 2.37. The van der Waals surface area contributed by atoms with Gasteiger partial charge >= 0.3 is 0 Å². The molecule has 2 rings (SSSR count). The van der Waals surface area contributed by atoms with Crippen LogP contribution in [-0.4, -0.2) is 64.0 Å². The molecule has 1 heterocycles. The van der Waals surface area contributed by atoms with E-state index in [1.807, 2.05) is 0 Å². The summed E-state index contributed by atoms with van der Waals surface area (Å²) in [6, 6.07) is 5.91. The lowest BCUT2D eigenvalue weighted by Crippen LogP contribution is -2.46. The Bertz CT molecular complexity index is 665. The van der Waals surface area contributed by atoms with Gasteiger partial charge in [-0.15, -0.1) is 0 Å².